The highest BCUT2D eigenvalue weighted by atomic mass is 16.2. The number of amides is 2. The van der Waals surface area contributed by atoms with Gasteiger partial charge in [-0.25, -0.2) is 4.68 Å². The molecule has 0 bridgehead atoms. The van der Waals surface area contributed by atoms with Crippen LogP contribution in [0.5, 0.6) is 0 Å². The molecule has 2 amide bonds. The van der Waals surface area contributed by atoms with E-state index < -0.39 is 0 Å². The lowest BCUT2D eigenvalue weighted by Crippen LogP contribution is -2.33. The van der Waals surface area contributed by atoms with E-state index in [4.69, 9.17) is 6.42 Å². The zero-order valence-corrected chi connectivity index (χ0v) is 17.2. The number of benzene rings is 2. The van der Waals surface area contributed by atoms with Crippen molar-refractivity contribution >= 4 is 17.5 Å². The van der Waals surface area contributed by atoms with Crippen LogP contribution in [0.3, 0.4) is 0 Å². The molecule has 0 unspecified atom stereocenters. The van der Waals surface area contributed by atoms with Gasteiger partial charge in [0.1, 0.15) is 0 Å². The first-order valence-electron chi connectivity index (χ1n) is 10.5. The summed E-state index contributed by atoms with van der Waals surface area (Å²) in [6, 6.07) is 16.9. The maximum atomic E-state index is 12.9. The molecule has 1 heterocycles. The first-order valence-corrected chi connectivity index (χ1v) is 10.5. The summed E-state index contributed by atoms with van der Waals surface area (Å²) >= 11 is 0. The third-order valence-corrected chi connectivity index (χ3v) is 5.37. The molecule has 6 nitrogen and oxygen atoms in total. The van der Waals surface area contributed by atoms with Gasteiger partial charge in [0.2, 0.25) is 5.91 Å². The van der Waals surface area contributed by atoms with Crippen molar-refractivity contribution in [3.05, 3.63) is 77.1 Å². The lowest BCUT2D eigenvalue weighted by Gasteiger charge is -2.07. The second-order valence-corrected chi connectivity index (χ2v) is 7.54. The van der Waals surface area contributed by atoms with Crippen LogP contribution in [-0.2, 0) is 17.6 Å². The molecule has 6 heteroatoms. The van der Waals surface area contributed by atoms with Gasteiger partial charge >= 0.3 is 0 Å². The smallest absolute Gasteiger partial charge is 0.272 e. The van der Waals surface area contributed by atoms with Crippen LogP contribution in [0.25, 0.3) is 5.69 Å². The number of rotatable bonds is 5. The second-order valence-electron chi connectivity index (χ2n) is 7.54. The lowest BCUT2D eigenvalue weighted by atomic mass is 10.1. The second kappa shape index (κ2) is 9.31. The number of para-hydroxylation sites is 1. The molecule has 0 radical (unpaired) electrons. The number of nitrogens with zero attached hydrogens (tertiary/aromatic N) is 2. The van der Waals surface area contributed by atoms with Crippen LogP contribution in [-0.4, -0.2) is 28.1 Å². The minimum absolute atomic E-state index is 0.147. The van der Waals surface area contributed by atoms with Crippen LogP contribution in [0.4, 0.5) is 5.69 Å². The third-order valence-electron chi connectivity index (χ3n) is 5.37. The van der Waals surface area contributed by atoms with Gasteiger partial charge in [0, 0.05) is 22.5 Å². The largest absolute Gasteiger partial charge is 0.342 e. The number of hydrogen-bond acceptors (Lipinski definition) is 3. The average Bonchev–Trinajstić information content (AvgIpc) is 2.99. The molecule has 1 aliphatic carbocycles. The van der Waals surface area contributed by atoms with Crippen LogP contribution < -0.4 is 10.6 Å². The average molecular weight is 412 g/mol. The van der Waals surface area contributed by atoms with Crippen LogP contribution >= 0.6 is 0 Å². The summed E-state index contributed by atoms with van der Waals surface area (Å²) in [4.78, 5) is 25.3. The van der Waals surface area contributed by atoms with Gasteiger partial charge in [-0.3, -0.25) is 9.59 Å². The van der Waals surface area contributed by atoms with Crippen molar-refractivity contribution in [1.82, 2.24) is 15.1 Å². The minimum atomic E-state index is -0.333. The number of terminal acetylenes is 1. The molecule has 2 N–H and O–H groups in total. The van der Waals surface area contributed by atoms with Crippen molar-refractivity contribution in [3.8, 4) is 18.0 Å². The molecule has 0 saturated heterocycles. The summed E-state index contributed by atoms with van der Waals surface area (Å²) in [7, 11) is 0. The molecule has 156 valence electrons. The molecular formula is C25H24N4O2. The Morgan fingerprint density at radius 3 is 2.65 bits per heavy atom. The van der Waals surface area contributed by atoms with Gasteiger partial charge in [0.15, 0.2) is 5.69 Å². The normalized spacial score (nSPS) is 12.9. The van der Waals surface area contributed by atoms with E-state index in [2.05, 4.69) is 21.7 Å². The lowest BCUT2D eigenvalue weighted by molar-refractivity contribution is -0.115. The maximum absolute atomic E-state index is 12.9. The van der Waals surface area contributed by atoms with Gasteiger partial charge in [0.25, 0.3) is 5.91 Å². The molecule has 0 spiro atoms. The number of fused-ring (bicyclic) bond motifs is 1. The van der Waals surface area contributed by atoms with Crippen LogP contribution in [0.2, 0.25) is 0 Å². The van der Waals surface area contributed by atoms with E-state index in [1.807, 2.05) is 35.0 Å². The number of anilines is 1. The van der Waals surface area contributed by atoms with Gasteiger partial charge in [-0.1, -0.05) is 36.6 Å². The Kier molecular flexibility index (Phi) is 6.13. The number of carbonyl (C=O) groups excluding carboxylic acids is 2. The third kappa shape index (κ3) is 4.67. The molecule has 2 aromatic carbocycles. The molecular weight excluding hydrogens is 388 g/mol. The number of carbonyl (C=O) groups is 2. The van der Waals surface area contributed by atoms with Crippen molar-refractivity contribution in [2.24, 2.45) is 0 Å². The molecule has 1 aromatic heterocycles. The molecule has 0 saturated carbocycles. The van der Waals surface area contributed by atoms with E-state index in [0.29, 0.717) is 16.9 Å². The molecule has 31 heavy (non-hydrogen) atoms. The Labute approximate surface area is 181 Å². The summed E-state index contributed by atoms with van der Waals surface area (Å²) < 4.78 is 1.88. The fourth-order valence-electron chi connectivity index (χ4n) is 3.88. The van der Waals surface area contributed by atoms with Crippen molar-refractivity contribution in [1.29, 1.82) is 0 Å². The van der Waals surface area contributed by atoms with Gasteiger partial charge in [-0.05, 0) is 56.0 Å². The summed E-state index contributed by atoms with van der Waals surface area (Å²) in [5.41, 5.74) is 4.69. The molecule has 0 fully saturated rings. The van der Waals surface area contributed by atoms with Gasteiger partial charge in [0.05, 0.1) is 12.2 Å². The highest BCUT2D eigenvalue weighted by Crippen LogP contribution is 2.26. The van der Waals surface area contributed by atoms with Crippen LogP contribution in [0.15, 0.2) is 54.6 Å². The van der Waals surface area contributed by atoms with E-state index in [-0.39, 0.29) is 18.4 Å². The predicted octanol–water partition coefficient (Wildman–Crippen LogP) is 3.49. The topological polar surface area (TPSA) is 76.0 Å². The molecule has 0 atom stereocenters. The van der Waals surface area contributed by atoms with Crippen molar-refractivity contribution in [2.75, 3.05) is 11.9 Å². The van der Waals surface area contributed by atoms with Gasteiger partial charge < -0.3 is 10.6 Å². The van der Waals surface area contributed by atoms with E-state index in [9.17, 15) is 9.59 Å². The van der Waals surface area contributed by atoms with Crippen LogP contribution in [0.1, 0.15) is 46.6 Å². The highest BCUT2D eigenvalue weighted by molar-refractivity contribution is 5.99. The Balaban J connectivity index is 1.50. The monoisotopic (exact) mass is 412 g/mol. The van der Waals surface area contributed by atoms with Crippen molar-refractivity contribution in [2.45, 2.75) is 32.1 Å². The van der Waals surface area contributed by atoms with E-state index in [1.165, 1.54) is 0 Å². The summed E-state index contributed by atoms with van der Waals surface area (Å²) in [6.45, 7) is -0.147. The van der Waals surface area contributed by atoms with Crippen LogP contribution in [0, 0.1) is 12.3 Å². The number of hydrogen-bond donors (Lipinski definition) is 2. The first-order chi connectivity index (χ1) is 15.2. The fourth-order valence-corrected chi connectivity index (χ4v) is 3.88. The van der Waals surface area contributed by atoms with E-state index in [0.717, 1.165) is 49.0 Å². The standard InChI is InChI=1S/C25H24N4O2/c1-2-18-10-9-11-19(16-18)27-23(30)17-26-25(31)24-21-14-7-4-8-15-22(21)29(28-24)20-12-5-3-6-13-20/h1,3,5-6,9-13,16H,4,7-8,14-15,17H2,(H,26,31)(H,27,30). The SMILES string of the molecule is C#Cc1cccc(NC(=O)CNC(=O)c2nn(-c3ccccc3)c3c2CCCCC3)c1. The van der Waals surface area contributed by atoms with Gasteiger partial charge in [-0.2, -0.15) is 5.10 Å². The quantitative estimate of drug-likeness (QED) is 0.498. The Bertz CT molecular complexity index is 1140. The van der Waals surface area contributed by atoms with Crippen molar-refractivity contribution in [3.63, 3.8) is 0 Å². The first kappa shape index (κ1) is 20.4. The highest BCUT2D eigenvalue weighted by Gasteiger charge is 2.25. The zero-order chi connectivity index (χ0) is 21.6. The molecule has 0 aliphatic heterocycles. The molecule has 1 aliphatic rings. The molecule has 3 aromatic rings. The molecule has 4 rings (SSSR count). The maximum Gasteiger partial charge on any atom is 0.272 e. The number of aromatic nitrogens is 2. The summed E-state index contributed by atoms with van der Waals surface area (Å²) in [5.74, 6) is 1.87. The summed E-state index contributed by atoms with van der Waals surface area (Å²) in [5, 5.41) is 10.1. The van der Waals surface area contributed by atoms with E-state index >= 15 is 0 Å². The summed E-state index contributed by atoms with van der Waals surface area (Å²) in [6.07, 6.45) is 10.3. The van der Waals surface area contributed by atoms with E-state index in [1.54, 1.807) is 24.3 Å². The Morgan fingerprint density at radius 2 is 1.84 bits per heavy atom. The zero-order valence-electron chi connectivity index (χ0n) is 17.2. The Morgan fingerprint density at radius 1 is 1.03 bits per heavy atom. The predicted molar refractivity (Wildman–Crippen MR) is 120 cm³/mol. The minimum Gasteiger partial charge on any atom is -0.342 e. The number of nitrogens with one attached hydrogen (secondary N) is 2. The van der Waals surface area contributed by atoms with Gasteiger partial charge in [-0.15, -0.1) is 6.42 Å². The van der Waals surface area contributed by atoms with Crippen molar-refractivity contribution < 1.29 is 9.59 Å². The fraction of sp³-hybridized carbons (Fsp3) is 0.240. The Hall–Kier alpha value is -3.85.